The number of phenols is 1. The number of nitrogens with two attached hydrogens (primary N) is 1. The lowest BCUT2D eigenvalue weighted by Crippen LogP contribution is -2.32. The van der Waals surface area contributed by atoms with Crippen LogP contribution >= 0.6 is 0 Å². The summed E-state index contributed by atoms with van der Waals surface area (Å²) in [4.78, 5) is 4.53. The Hall–Kier alpha value is -2.90. The second kappa shape index (κ2) is 7.02. The van der Waals surface area contributed by atoms with Gasteiger partial charge in [-0.2, -0.15) is 4.98 Å². The van der Waals surface area contributed by atoms with Gasteiger partial charge in [-0.3, -0.25) is 0 Å². The number of aromatic hydroxyl groups is 1. The largest absolute Gasteiger partial charge is 0.506 e. The Morgan fingerprint density at radius 3 is 2.96 bits per heavy atom. The van der Waals surface area contributed by atoms with Crippen molar-refractivity contribution in [3.8, 4) is 28.6 Å². The standard InChI is InChI=1S/C20H22N4O3/c1-11(10-25)22-17-7-6-13-14(17)3-2-4-15(13)19-23-20(27-24-19)12-5-8-18(26)16(21)9-12/h2-5,8-9,11,17,22,25-26H,6-7,10,21H2,1H3/t11-,17+/m1/s1. The molecule has 27 heavy (non-hydrogen) atoms. The van der Waals surface area contributed by atoms with Crippen LogP contribution in [0.1, 0.15) is 30.5 Å². The van der Waals surface area contributed by atoms with E-state index in [1.54, 1.807) is 12.1 Å². The average Bonchev–Trinajstić information content (AvgIpc) is 3.31. The summed E-state index contributed by atoms with van der Waals surface area (Å²) in [6.45, 7) is 2.08. The fourth-order valence-corrected chi connectivity index (χ4v) is 3.57. The number of aliphatic hydroxyl groups excluding tert-OH is 1. The van der Waals surface area contributed by atoms with Crippen LogP contribution in [0, 0.1) is 0 Å². The second-order valence-electron chi connectivity index (χ2n) is 6.91. The van der Waals surface area contributed by atoms with Crippen molar-refractivity contribution in [3.63, 3.8) is 0 Å². The van der Waals surface area contributed by atoms with Gasteiger partial charge in [0, 0.05) is 23.2 Å². The van der Waals surface area contributed by atoms with Crippen molar-refractivity contribution in [2.45, 2.75) is 31.8 Å². The minimum atomic E-state index is 0.0232. The summed E-state index contributed by atoms with van der Waals surface area (Å²) in [5.74, 6) is 0.912. The van der Waals surface area contributed by atoms with Crippen LogP contribution < -0.4 is 11.1 Å². The number of phenolic OH excluding ortho intramolecular Hbond substituents is 1. The molecule has 0 radical (unpaired) electrons. The van der Waals surface area contributed by atoms with Crippen molar-refractivity contribution in [2.75, 3.05) is 12.3 Å². The van der Waals surface area contributed by atoms with Gasteiger partial charge in [-0.05, 0) is 49.1 Å². The Bertz CT molecular complexity index is 970. The third-order valence-electron chi connectivity index (χ3n) is 4.97. The first kappa shape index (κ1) is 17.5. The van der Waals surface area contributed by atoms with Crippen LogP contribution in [-0.4, -0.2) is 33.0 Å². The number of aromatic nitrogens is 2. The summed E-state index contributed by atoms with van der Waals surface area (Å²) < 4.78 is 5.42. The molecule has 0 aliphatic heterocycles. The zero-order chi connectivity index (χ0) is 19.0. The van der Waals surface area contributed by atoms with Crippen LogP contribution in [0.2, 0.25) is 0 Å². The topological polar surface area (TPSA) is 117 Å². The van der Waals surface area contributed by atoms with Crippen molar-refractivity contribution in [2.24, 2.45) is 0 Å². The monoisotopic (exact) mass is 366 g/mol. The highest BCUT2D eigenvalue weighted by molar-refractivity contribution is 5.68. The fourth-order valence-electron chi connectivity index (χ4n) is 3.57. The van der Waals surface area contributed by atoms with Crippen molar-refractivity contribution in [1.29, 1.82) is 0 Å². The normalized spacial score (nSPS) is 17.0. The van der Waals surface area contributed by atoms with E-state index in [0.717, 1.165) is 18.4 Å². The fraction of sp³-hybridized carbons (Fsp3) is 0.300. The first-order chi connectivity index (χ1) is 13.1. The molecule has 7 heteroatoms. The third kappa shape index (κ3) is 3.27. The summed E-state index contributed by atoms with van der Waals surface area (Å²) in [5.41, 5.74) is 10.1. The molecule has 140 valence electrons. The summed E-state index contributed by atoms with van der Waals surface area (Å²) in [7, 11) is 0. The molecule has 0 bridgehead atoms. The van der Waals surface area contributed by atoms with Gasteiger partial charge in [0.25, 0.3) is 5.89 Å². The molecule has 0 fully saturated rings. The maximum atomic E-state index is 9.57. The molecule has 0 unspecified atom stereocenters. The van der Waals surface area contributed by atoms with Crippen molar-refractivity contribution in [1.82, 2.24) is 15.5 Å². The van der Waals surface area contributed by atoms with Crippen LogP contribution in [0.4, 0.5) is 5.69 Å². The molecular formula is C20H22N4O3. The highest BCUT2D eigenvalue weighted by Gasteiger charge is 2.27. The van der Waals surface area contributed by atoms with Gasteiger partial charge in [-0.1, -0.05) is 23.4 Å². The molecule has 2 atom stereocenters. The lowest BCUT2D eigenvalue weighted by molar-refractivity contribution is 0.240. The molecular weight excluding hydrogens is 344 g/mol. The molecule has 7 nitrogen and oxygen atoms in total. The van der Waals surface area contributed by atoms with E-state index in [4.69, 9.17) is 10.3 Å². The van der Waals surface area contributed by atoms with Crippen molar-refractivity contribution in [3.05, 3.63) is 47.5 Å². The summed E-state index contributed by atoms with van der Waals surface area (Å²) in [5, 5.41) is 26.5. The summed E-state index contributed by atoms with van der Waals surface area (Å²) in [6, 6.07) is 11.2. The zero-order valence-electron chi connectivity index (χ0n) is 15.0. The van der Waals surface area contributed by atoms with Gasteiger partial charge in [0.2, 0.25) is 5.82 Å². The number of rotatable bonds is 5. The van der Waals surface area contributed by atoms with Crippen molar-refractivity contribution >= 4 is 5.69 Å². The number of aliphatic hydroxyl groups is 1. The van der Waals surface area contributed by atoms with Gasteiger partial charge in [0.05, 0.1) is 12.3 Å². The first-order valence-corrected chi connectivity index (χ1v) is 8.98. The molecule has 1 aliphatic carbocycles. The van der Waals surface area contributed by atoms with Crippen molar-refractivity contribution < 1.29 is 14.7 Å². The van der Waals surface area contributed by atoms with Crippen LogP contribution in [0.25, 0.3) is 22.8 Å². The Morgan fingerprint density at radius 1 is 1.33 bits per heavy atom. The Kier molecular flexibility index (Phi) is 4.55. The maximum Gasteiger partial charge on any atom is 0.258 e. The SMILES string of the molecule is C[C@H](CO)N[C@H]1CCc2c(-c3noc(-c4ccc(O)c(N)c4)n3)cccc21. The molecule has 1 aliphatic rings. The number of nitrogens with zero attached hydrogens (tertiary/aromatic N) is 2. The number of benzene rings is 2. The lowest BCUT2D eigenvalue weighted by Gasteiger charge is -2.18. The molecule has 4 rings (SSSR count). The van der Waals surface area contributed by atoms with Crippen LogP contribution in [0.15, 0.2) is 40.9 Å². The Morgan fingerprint density at radius 2 is 2.19 bits per heavy atom. The average molecular weight is 366 g/mol. The quantitative estimate of drug-likeness (QED) is 0.405. The first-order valence-electron chi connectivity index (χ1n) is 8.98. The molecule has 3 aromatic rings. The predicted octanol–water partition coefficient (Wildman–Crippen LogP) is 2.65. The zero-order valence-corrected chi connectivity index (χ0v) is 15.0. The molecule has 2 aromatic carbocycles. The number of hydrogen-bond acceptors (Lipinski definition) is 7. The van der Waals surface area contributed by atoms with E-state index in [9.17, 15) is 10.2 Å². The van der Waals surface area contributed by atoms with E-state index in [0.29, 0.717) is 17.3 Å². The number of nitrogens with one attached hydrogen (secondary N) is 1. The second-order valence-corrected chi connectivity index (χ2v) is 6.91. The van der Waals surface area contributed by atoms with Crippen LogP contribution in [0.3, 0.4) is 0 Å². The predicted molar refractivity (Wildman–Crippen MR) is 102 cm³/mol. The smallest absolute Gasteiger partial charge is 0.258 e. The number of anilines is 1. The highest BCUT2D eigenvalue weighted by Crippen LogP contribution is 2.37. The lowest BCUT2D eigenvalue weighted by atomic mass is 10.0. The minimum Gasteiger partial charge on any atom is -0.506 e. The van der Waals surface area contributed by atoms with E-state index in [-0.39, 0.29) is 30.1 Å². The van der Waals surface area contributed by atoms with Crippen LogP contribution in [-0.2, 0) is 6.42 Å². The summed E-state index contributed by atoms with van der Waals surface area (Å²) in [6.07, 6.45) is 1.88. The number of hydrogen-bond donors (Lipinski definition) is 4. The molecule has 0 amide bonds. The minimum absolute atomic E-state index is 0.0232. The van der Waals surface area contributed by atoms with Crippen LogP contribution in [0.5, 0.6) is 5.75 Å². The van der Waals surface area contributed by atoms with E-state index >= 15 is 0 Å². The number of nitrogen functional groups attached to an aromatic ring is 1. The van der Waals surface area contributed by atoms with Gasteiger partial charge >= 0.3 is 0 Å². The van der Waals surface area contributed by atoms with E-state index < -0.39 is 0 Å². The molecule has 0 saturated carbocycles. The van der Waals surface area contributed by atoms with E-state index in [2.05, 4.69) is 21.5 Å². The van der Waals surface area contributed by atoms with E-state index in [1.807, 2.05) is 19.1 Å². The van der Waals surface area contributed by atoms with Gasteiger partial charge in [0.15, 0.2) is 0 Å². The molecule has 0 saturated heterocycles. The van der Waals surface area contributed by atoms with E-state index in [1.165, 1.54) is 17.2 Å². The third-order valence-corrected chi connectivity index (χ3v) is 4.97. The molecule has 0 spiro atoms. The summed E-state index contributed by atoms with van der Waals surface area (Å²) >= 11 is 0. The van der Waals surface area contributed by atoms with Gasteiger partial charge in [-0.15, -0.1) is 0 Å². The van der Waals surface area contributed by atoms with Gasteiger partial charge < -0.3 is 25.8 Å². The van der Waals surface area contributed by atoms with Gasteiger partial charge in [0.1, 0.15) is 5.75 Å². The maximum absolute atomic E-state index is 9.57. The molecule has 5 N–H and O–H groups in total. The Balaban J connectivity index is 1.66. The number of fused-ring (bicyclic) bond motifs is 1. The molecule has 1 aromatic heterocycles. The van der Waals surface area contributed by atoms with Gasteiger partial charge in [-0.25, -0.2) is 0 Å². The molecule has 1 heterocycles. The highest BCUT2D eigenvalue weighted by atomic mass is 16.5. The Labute approximate surface area is 156 Å².